The number of hydrogen-bond acceptors (Lipinski definition) is 3. The van der Waals surface area contributed by atoms with Gasteiger partial charge in [0.2, 0.25) is 0 Å². The largest absolute Gasteiger partial charge is 0.355 e. The van der Waals surface area contributed by atoms with Gasteiger partial charge in [0.1, 0.15) is 0 Å². The third-order valence-corrected chi connectivity index (χ3v) is 4.15. The van der Waals surface area contributed by atoms with Crippen LogP contribution in [-0.4, -0.2) is 14.2 Å². The van der Waals surface area contributed by atoms with E-state index in [9.17, 15) is 4.57 Å². The fraction of sp³-hybridized carbons (Fsp3) is 0.636. The van der Waals surface area contributed by atoms with Crippen LogP contribution in [0.2, 0.25) is 0 Å². The molecule has 0 spiro atoms. The van der Waals surface area contributed by atoms with Gasteiger partial charge in [-0.05, 0) is 18.4 Å². The van der Waals surface area contributed by atoms with Gasteiger partial charge in [-0.15, -0.1) is 0 Å². The lowest BCUT2D eigenvalue weighted by Gasteiger charge is -2.11. The minimum atomic E-state index is -3.17. The Morgan fingerprint density at radius 3 is 2.25 bits per heavy atom. The molecule has 5 heteroatoms. The van der Waals surface area contributed by atoms with Crippen LogP contribution >= 0.6 is 19.2 Å². The lowest BCUT2D eigenvalue weighted by molar-refractivity contribution is 0.286. The van der Waals surface area contributed by atoms with Crippen LogP contribution in [0.15, 0.2) is 22.5 Å². The molecule has 0 aliphatic heterocycles. The Morgan fingerprint density at radius 2 is 1.88 bits per heavy atom. The zero-order valence-electron chi connectivity index (χ0n) is 10.3. The standard InChI is InChI=1S/C11H20ClO3P/c1-5-7-10(8-6-2)11(12)9-16(13,14-3)15-4/h7,9H,5-6,8H2,1-4H3. The lowest BCUT2D eigenvalue weighted by atomic mass is 10.1. The average Bonchev–Trinajstić information content (AvgIpc) is 2.28. The van der Waals surface area contributed by atoms with E-state index >= 15 is 0 Å². The third kappa shape index (κ3) is 5.31. The molecule has 3 nitrogen and oxygen atoms in total. The molecule has 0 aromatic heterocycles. The monoisotopic (exact) mass is 266 g/mol. The van der Waals surface area contributed by atoms with Gasteiger partial charge in [-0.1, -0.05) is 37.9 Å². The maximum absolute atomic E-state index is 11.8. The van der Waals surface area contributed by atoms with Crippen molar-refractivity contribution in [2.24, 2.45) is 0 Å². The van der Waals surface area contributed by atoms with E-state index in [1.165, 1.54) is 20.0 Å². The molecule has 94 valence electrons. The molecule has 0 rings (SSSR count). The molecule has 0 N–H and O–H groups in total. The van der Waals surface area contributed by atoms with E-state index in [4.69, 9.17) is 20.6 Å². The molecule has 0 saturated heterocycles. The second-order valence-corrected chi connectivity index (χ2v) is 5.74. The highest BCUT2D eigenvalue weighted by Gasteiger charge is 2.19. The fourth-order valence-corrected chi connectivity index (χ4v) is 2.57. The number of hydrogen-bond donors (Lipinski definition) is 0. The molecule has 0 radical (unpaired) electrons. The first-order valence-electron chi connectivity index (χ1n) is 5.31. The molecule has 0 bridgehead atoms. The molecular weight excluding hydrogens is 247 g/mol. The summed E-state index contributed by atoms with van der Waals surface area (Å²) in [6.07, 6.45) is 4.76. The van der Waals surface area contributed by atoms with E-state index in [0.29, 0.717) is 5.03 Å². The molecule has 0 aliphatic carbocycles. The van der Waals surface area contributed by atoms with Crippen LogP contribution in [0.1, 0.15) is 33.1 Å². The Morgan fingerprint density at radius 1 is 1.31 bits per heavy atom. The topological polar surface area (TPSA) is 35.5 Å². The SMILES string of the molecule is CCC=C(CCC)C(Cl)=CP(=O)(OC)OC. The number of halogens is 1. The molecule has 0 amide bonds. The maximum Gasteiger partial charge on any atom is 0.355 e. The number of rotatable bonds is 7. The van der Waals surface area contributed by atoms with Crippen molar-refractivity contribution >= 4 is 19.2 Å². The summed E-state index contributed by atoms with van der Waals surface area (Å²) in [7, 11) is -0.491. The van der Waals surface area contributed by atoms with Crippen molar-refractivity contribution in [1.82, 2.24) is 0 Å². The first kappa shape index (κ1) is 15.9. The zero-order chi connectivity index (χ0) is 12.6. The summed E-state index contributed by atoms with van der Waals surface area (Å²) in [4.78, 5) is 0. The minimum Gasteiger partial charge on any atom is -0.309 e. The van der Waals surface area contributed by atoms with Crippen molar-refractivity contribution in [3.63, 3.8) is 0 Å². The van der Waals surface area contributed by atoms with Crippen LogP contribution in [0.25, 0.3) is 0 Å². The first-order chi connectivity index (χ1) is 7.52. The van der Waals surface area contributed by atoms with Crippen molar-refractivity contribution in [2.75, 3.05) is 14.2 Å². The Bertz CT molecular complexity index is 302. The van der Waals surface area contributed by atoms with Gasteiger partial charge < -0.3 is 9.05 Å². The molecular formula is C11H20ClO3P. The summed E-state index contributed by atoms with van der Waals surface area (Å²) in [5.41, 5.74) is 0.987. The van der Waals surface area contributed by atoms with Gasteiger partial charge in [-0.2, -0.15) is 0 Å². The van der Waals surface area contributed by atoms with E-state index in [1.54, 1.807) is 0 Å². The summed E-state index contributed by atoms with van der Waals surface area (Å²) in [6.45, 7) is 4.10. The van der Waals surface area contributed by atoms with Crippen molar-refractivity contribution in [3.8, 4) is 0 Å². The Kier molecular flexibility index (Phi) is 8.04. The molecule has 0 aliphatic rings. The summed E-state index contributed by atoms with van der Waals surface area (Å²) in [5, 5.41) is 0.454. The van der Waals surface area contributed by atoms with Crippen LogP contribution in [0, 0.1) is 0 Å². The highest BCUT2D eigenvalue weighted by Crippen LogP contribution is 2.50. The van der Waals surface area contributed by atoms with E-state index < -0.39 is 7.60 Å². The van der Waals surface area contributed by atoms with Gasteiger partial charge in [0.15, 0.2) is 0 Å². The van der Waals surface area contributed by atoms with Crippen molar-refractivity contribution in [3.05, 3.63) is 22.5 Å². The van der Waals surface area contributed by atoms with Crippen molar-refractivity contribution in [2.45, 2.75) is 33.1 Å². The van der Waals surface area contributed by atoms with Crippen molar-refractivity contribution < 1.29 is 13.6 Å². The zero-order valence-corrected chi connectivity index (χ0v) is 12.0. The Hall–Kier alpha value is -0.0800. The Balaban J connectivity index is 4.99. The summed E-state index contributed by atoms with van der Waals surface area (Å²) in [6, 6.07) is 0. The maximum atomic E-state index is 11.8. The van der Waals surface area contributed by atoms with Gasteiger partial charge in [0, 0.05) is 20.0 Å². The molecule has 0 saturated carbocycles. The van der Waals surface area contributed by atoms with Gasteiger partial charge >= 0.3 is 7.60 Å². The van der Waals surface area contributed by atoms with Gasteiger partial charge in [-0.25, -0.2) is 0 Å². The third-order valence-electron chi connectivity index (χ3n) is 2.06. The van der Waals surface area contributed by atoms with Crippen LogP contribution in [0.4, 0.5) is 0 Å². The molecule has 0 aromatic rings. The average molecular weight is 267 g/mol. The smallest absolute Gasteiger partial charge is 0.309 e. The summed E-state index contributed by atoms with van der Waals surface area (Å²) >= 11 is 6.11. The minimum absolute atomic E-state index is 0.454. The van der Waals surface area contributed by atoms with Crippen LogP contribution < -0.4 is 0 Å². The molecule has 0 unspecified atom stereocenters. The molecule has 0 aromatic carbocycles. The highest BCUT2D eigenvalue weighted by atomic mass is 35.5. The second-order valence-electron chi connectivity index (χ2n) is 3.27. The molecule has 0 fully saturated rings. The first-order valence-corrected chi connectivity index (χ1v) is 7.30. The molecule has 16 heavy (non-hydrogen) atoms. The van der Waals surface area contributed by atoms with Crippen LogP contribution in [0.5, 0.6) is 0 Å². The normalized spacial score (nSPS) is 14.3. The highest BCUT2D eigenvalue weighted by molar-refractivity contribution is 7.57. The van der Waals surface area contributed by atoms with E-state index in [2.05, 4.69) is 6.92 Å². The molecule has 0 heterocycles. The predicted molar refractivity (Wildman–Crippen MR) is 68.8 cm³/mol. The van der Waals surface area contributed by atoms with E-state index in [1.807, 2.05) is 13.0 Å². The number of allylic oxidation sites excluding steroid dienone is 3. The fourth-order valence-electron chi connectivity index (χ4n) is 1.24. The van der Waals surface area contributed by atoms with E-state index in [0.717, 1.165) is 24.8 Å². The van der Waals surface area contributed by atoms with Crippen LogP contribution in [-0.2, 0) is 13.6 Å². The predicted octanol–water partition coefficient (Wildman–Crippen LogP) is 4.69. The van der Waals surface area contributed by atoms with Crippen LogP contribution in [0.3, 0.4) is 0 Å². The van der Waals surface area contributed by atoms with Gasteiger partial charge in [-0.3, -0.25) is 4.57 Å². The lowest BCUT2D eigenvalue weighted by Crippen LogP contribution is -1.88. The van der Waals surface area contributed by atoms with Gasteiger partial charge in [0.25, 0.3) is 0 Å². The molecule has 0 atom stereocenters. The van der Waals surface area contributed by atoms with Crippen molar-refractivity contribution in [1.29, 1.82) is 0 Å². The Labute approximate surface area is 103 Å². The van der Waals surface area contributed by atoms with Gasteiger partial charge in [0.05, 0.1) is 5.03 Å². The summed E-state index contributed by atoms with van der Waals surface area (Å²) in [5.74, 6) is 1.37. The van der Waals surface area contributed by atoms with E-state index in [-0.39, 0.29) is 0 Å². The second kappa shape index (κ2) is 8.08. The summed E-state index contributed by atoms with van der Waals surface area (Å²) < 4.78 is 21.5. The quantitative estimate of drug-likeness (QED) is 0.495.